The van der Waals surface area contributed by atoms with Crippen LogP contribution in [0, 0.1) is 23.1 Å². The van der Waals surface area contributed by atoms with E-state index in [-0.39, 0.29) is 24.5 Å². The van der Waals surface area contributed by atoms with Gasteiger partial charge in [-0.15, -0.1) is 0 Å². The summed E-state index contributed by atoms with van der Waals surface area (Å²) in [4.78, 5) is 0. The summed E-state index contributed by atoms with van der Waals surface area (Å²) in [7, 11) is -3.57. The molecule has 0 unspecified atom stereocenters. The number of sulfonamides is 1. The molecule has 1 N–H and O–H groups in total. The molecule has 0 bridgehead atoms. The summed E-state index contributed by atoms with van der Waals surface area (Å²) in [6.45, 7) is 1.20. The molecule has 2 atom stereocenters. The molecule has 7 nitrogen and oxygen atoms in total. The van der Waals surface area contributed by atoms with Crippen LogP contribution in [0.2, 0.25) is 0 Å². The van der Waals surface area contributed by atoms with Gasteiger partial charge in [0.05, 0.1) is 29.8 Å². The largest absolute Gasteiger partial charge is 0.490 e. The predicted octanol–water partition coefficient (Wildman–Crippen LogP) is 3.01. The van der Waals surface area contributed by atoms with Gasteiger partial charge in [0.15, 0.2) is 11.6 Å². The van der Waals surface area contributed by atoms with Crippen LogP contribution < -0.4 is 9.46 Å². The Balaban J connectivity index is 1.72. The standard InChI is InChI=1S/C19H21F3N4O3S/c1-2-30(27,28)25-17-5-6-19(21,22)8-14(17)12-29-18-4-3-15(7-16(18)20)26-11-13(9-23)10-24-26/h3-4,7,10-11,14,17,25H,2,5-6,8,12H2,1H3/t14-,17+/m1/s1. The first-order chi connectivity index (χ1) is 14.1. The maximum Gasteiger partial charge on any atom is 0.248 e. The van der Waals surface area contributed by atoms with Gasteiger partial charge >= 0.3 is 0 Å². The van der Waals surface area contributed by atoms with Gasteiger partial charge in [-0.05, 0) is 25.5 Å². The molecule has 0 aliphatic heterocycles. The molecule has 1 aliphatic rings. The van der Waals surface area contributed by atoms with Crippen molar-refractivity contribution in [2.45, 2.75) is 38.2 Å². The van der Waals surface area contributed by atoms with Crippen molar-refractivity contribution in [2.24, 2.45) is 5.92 Å². The zero-order valence-electron chi connectivity index (χ0n) is 16.2. The Kier molecular flexibility index (Phi) is 6.38. The number of ether oxygens (including phenoxy) is 1. The fraction of sp³-hybridized carbons (Fsp3) is 0.474. The Morgan fingerprint density at radius 2 is 2.20 bits per heavy atom. The summed E-state index contributed by atoms with van der Waals surface area (Å²) in [5.41, 5.74) is 0.675. The Hall–Kier alpha value is -2.58. The van der Waals surface area contributed by atoms with Gasteiger partial charge in [-0.1, -0.05) is 0 Å². The molecule has 11 heteroatoms. The zero-order valence-corrected chi connectivity index (χ0v) is 17.0. The highest BCUT2D eigenvalue weighted by atomic mass is 32.2. The van der Waals surface area contributed by atoms with E-state index in [1.165, 1.54) is 36.1 Å². The molecule has 162 valence electrons. The quantitative estimate of drug-likeness (QED) is 0.711. The number of benzene rings is 1. The first kappa shape index (κ1) is 22.1. The second kappa shape index (κ2) is 8.65. The van der Waals surface area contributed by atoms with Gasteiger partial charge in [0.2, 0.25) is 15.9 Å². The smallest absolute Gasteiger partial charge is 0.248 e. The third kappa shape index (κ3) is 5.31. The van der Waals surface area contributed by atoms with E-state index in [9.17, 15) is 21.6 Å². The van der Waals surface area contributed by atoms with Crippen molar-refractivity contribution >= 4 is 10.0 Å². The molecule has 1 fully saturated rings. The fourth-order valence-electron chi connectivity index (χ4n) is 3.34. The van der Waals surface area contributed by atoms with E-state index in [4.69, 9.17) is 10.00 Å². The summed E-state index contributed by atoms with van der Waals surface area (Å²) >= 11 is 0. The summed E-state index contributed by atoms with van der Waals surface area (Å²) in [5.74, 6) is -4.77. The lowest BCUT2D eigenvalue weighted by Crippen LogP contribution is -2.48. The molecule has 0 spiro atoms. The third-order valence-electron chi connectivity index (χ3n) is 5.01. The molecule has 0 saturated heterocycles. The summed E-state index contributed by atoms with van der Waals surface area (Å²) in [6.07, 6.45) is 1.78. The van der Waals surface area contributed by atoms with E-state index >= 15 is 0 Å². The highest BCUT2D eigenvalue weighted by molar-refractivity contribution is 7.89. The lowest BCUT2D eigenvalue weighted by molar-refractivity contribution is -0.0662. The minimum absolute atomic E-state index is 0.0256. The molecule has 1 aromatic heterocycles. The van der Waals surface area contributed by atoms with Gasteiger partial charge in [0.1, 0.15) is 6.07 Å². The van der Waals surface area contributed by atoms with Crippen LogP contribution in [0.5, 0.6) is 5.75 Å². The molecule has 0 radical (unpaired) electrons. The van der Waals surface area contributed by atoms with Crippen molar-refractivity contribution in [3.63, 3.8) is 0 Å². The first-order valence-corrected chi connectivity index (χ1v) is 11.0. The zero-order chi connectivity index (χ0) is 21.9. The predicted molar refractivity (Wildman–Crippen MR) is 102 cm³/mol. The van der Waals surface area contributed by atoms with Crippen LogP contribution in [-0.4, -0.2) is 42.5 Å². The average Bonchev–Trinajstić information content (AvgIpc) is 3.18. The lowest BCUT2D eigenvalue weighted by atomic mass is 9.83. The summed E-state index contributed by atoms with van der Waals surface area (Å²) in [5, 5.41) is 12.8. The Morgan fingerprint density at radius 1 is 1.43 bits per heavy atom. The molecule has 1 saturated carbocycles. The number of nitriles is 1. The second-order valence-corrected chi connectivity index (χ2v) is 9.24. The number of hydrogen-bond donors (Lipinski definition) is 1. The number of halogens is 3. The number of nitrogens with zero attached hydrogens (tertiary/aromatic N) is 3. The van der Waals surface area contributed by atoms with Crippen LogP contribution >= 0.6 is 0 Å². The Morgan fingerprint density at radius 3 is 2.83 bits per heavy atom. The lowest BCUT2D eigenvalue weighted by Gasteiger charge is -2.36. The molecule has 3 rings (SSSR count). The van der Waals surface area contributed by atoms with Crippen molar-refractivity contribution in [1.29, 1.82) is 5.26 Å². The molecule has 1 aliphatic carbocycles. The van der Waals surface area contributed by atoms with Crippen LogP contribution in [0.4, 0.5) is 13.2 Å². The number of alkyl halides is 2. The summed E-state index contributed by atoms with van der Waals surface area (Å²) < 4.78 is 75.2. The van der Waals surface area contributed by atoms with Crippen molar-refractivity contribution in [2.75, 3.05) is 12.4 Å². The van der Waals surface area contributed by atoms with Gasteiger partial charge < -0.3 is 4.74 Å². The normalized spacial score (nSPS) is 21.2. The highest BCUT2D eigenvalue weighted by Crippen LogP contribution is 2.37. The Labute approximate surface area is 172 Å². The second-order valence-electron chi connectivity index (χ2n) is 7.20. The summed E-state index contributed by atoms with van der Waals surface area (Å²) in [6, 6.07) is 5.22. The third-order valence-corrected chi connectivity index (χ3v) is 6.43. The van der Waals surface area contributed by atoms with Crippen molar-refractivity contribution in [1.82, 2.24) is 14.5 Å². The molecule has 0 amide bonds. The van der Waals surface area contributed by atoms with E-state index in [0.29, 0.717) is 11.3 Å². The SMILES string of the molecule is CCS(=O)(=O)N[C@H]1CCC(F)(F)C[C@@H]1COc1ccc(-n2cc(C#N)cn2)cc1F. The number of rotatable bonds is 7. The minimum Gasteiger partial charge on any atom is -0.490 e. The van der Waals surface area contributed by atoms with E-state index in [2.05, 4.69) is 9.82 Å². The molecule has 2 aromatic rings. The van der Waals surface area contributed by atoms with Gasteiger partial charge in [-0.3, -0.25) is 0 Å². The molecular weight excluding hydrogens is 421 g/mol. The number of nitrogens with one attached hydrogen (secondary N) is 1. The van der Waals surface area contributed by atoms with Gasteiger partial charge in [0, 0.05) is 37.1 Å². The van der Waals surface area contributed by atoms with Crippen molar-refractivity contribution < 1.29 is 26.3 Å². The topological polar surface area (TPSA) is 97.0 Å². The van der Waals surface area contributed by atoms with E-state index < -0.39 is 46.6 Å². The van der Waals surface area contributed by atoms with Gasteiger partial charge in [0.25, 0.3) is 0 Å². The maximum absolute atomic E-state index is 14.5. The van der Waals surface area contributed by atoms with E-state index in [1.54, 1.807) is 0 Å². The number of aromatic nitrogens is 2. The maximum atomic E-state index is 14.5. The molecular formula is C19H21F3N4O3S. The average molecular weight is 442 g/mol. The van der Waals surface area contributed by atoms with Crippen molar-refractivity contribution in [3.05, 3.63) is 42.0 Å². The molecule has 1 aromatic carbocycles. The Bertz CT molecular complexity index is 1050. The fourth-order valence-corrected chi connectivity index (χ4v) is 4.28. The van der Waals surface area contributed by atoms with Gasteiger partial charge in [-0.25, -0.2) is 31.0 Å². The van der Waals surface area contributed by atoms with Crippen LogP contribution in [-0.2, 0) is 10.0 Å². The van der Waals surface area contributed by atoms with Crippen molar-refractivity contribution in [3.8, 4) is 17.5 Å². The minimum atomic E-state index is -3.57. The van der Waals surface area contributed by atoms with E-state index in [1.807, 2.05) is 6.07 Å². The highest BCUT2D eigenvalue weighted by Gasteiger charge is 2.42. The van der Waals surface area contributed by atoms with E-state index in [0.717, 1.165) is 6.07 Å². The number of hydrogen-bond acceptors (Lipinski definition) is 5. The molecule has 1 heterocycles. The van der Waals surface area contributed by atoms with Crippen LogP contribution in [0.15, 0.2) is 30.6 Å². The van der Waals surface area contributed by atoms with Crippen LogP contribution in [0.1, 0.15) is 31.7 Å². The monoisotopic (exact) mass is 442 g/mol. The molecule has 30 heavy (non-hydrogen) atoms. The first-order valence-electron chi connectivity index (χ1n) is 9.38. The van der Waals surface area contributed by atoms with Gasteiger partial charge in [-0.2, -0.15) is 10.4 Å². The van der Waals surface area contributed by atoms with Crippen LogP contribution in [0.3, 0.4) is 0 Å². The van der Waals surface area contributed by atoms with Crippen LogP contribution in [0.25, 0.3) is 5.69 Å².